The third-order valence-corrected chi connectivity index (χ3v) is 3.43. The van der Waals surface area contributed by atoms with Crippen molar-refractivity contribution >= 4 is 29.3 Å². The van der Waals surface area contributed by atoms with E-state index in [1.54, 1.807) is 6.20 Å². The molecule has 0 saturated carbocycles. The fourth-order valence-electron chi connectivity index (χ4n) is 1.58. The Balaban J connectivity index is 2.27. The Morgan fingerprint density at radius 1 is 1.33 bits per heavy atom. The lowest BCUT2D eigenvalue weighted by atomic mass is 10.1. The molecule has 0 unspecified atom stereocenters. The summed E-state index contributed by atoms with van der Waals surface area (Å²) in [5, 5.41) is 25.0. The van der Waals surface area contributed by atoms with Crippen LogP contribution >= 0.6 is 11.3 Å². The van der Waals surface area contributed by atoms with Gasteiger partial charge in [0.15, 0.2) is 0 Å². The minimum Gasteiger partial charge on any atom is -0.481 e. The molecule has 2 amide bonds. The molecule has 0 aromatic carbocycles. The molecule has 0 aliphatic heterocycles. The maximum absolute atomic E-state index is 11.6. The van der Waals surface area contributed by atoms with Gasteiger partial charge >= 0.3 is 18.0 Å². The number of aromatic nitrogens is 1. The van der Waals surface area contributed by atoms with Crippen LogP contribution in [-0.4, -0.2) is 45.8 Å². The molecule has 8 nitrogen and oxygen atoms in total. The van der Waals surface area contributed by atoms with E-state index in [4.69, 9.17) is 10.2 Å². The fourth-order valence-corrected chi connectivity index (χ4v) is 2.20. The molecule has 0 spiro atoms. The largest absolute Gasteiger partial charge is 0.481 e. The van der Waals surface area contributed by atoms with Gasteiger partial charge in [0.1, 0.15) is 6.04 Å². The zero-order valence-corrected chi connectivity index (χ0v) is 12.1. The predicted molar refractivity (Wildman–Crippen MR) is 75.3 cm³/mol. The number of carbonyl (C=O) groups is 3. The summed E-state index contributed by atoms with van der Waals surface area (Å²) in [6.07, 6.45) is 2.37. The predicted octanol–water partition coefficient (Wildman–Crippen LogP) is 0.693. The number of thiazole rings is 1. The standard InChI is InChI=1S/C12H17N3O5S/c16-10(17)3-1-2-8(11(18)19)15-12(20)14-5-4-9-13-6-7-21-9/h6-8H,1-5H2,(H,16,17)(H,18,19)(H2,14,15,20)/t8-/m1/s1. The van der Waals surface area contributed by atoms with Crippen molar-refractivity contribution in [1.82, 2.24) is 15.6 Å². The zero-order valence-electron chi connectivity index (χ0n) is 11.2. The van der Waals surface area contributed by atoms with Crippen molar-refractivity contribution in [2.75, 3.05) is 6.54 Å². The number of carbonyl (C=O) groups excluding carboxylic acids is 1. The third kappa shape index (κ3) is 7.25. The maximum atomic E-state index is 11.6. The van der Waals surface area contributed by atoms with E-state index in [-0.39, 0.29) is 19.3 Å². The zero-order chi connectivity index (χ0) is 15.7. The fraction of sp³-hybridized carbons (Fsp3) is 0.500. The van der Waals surface area contributed by atoms with Crippen LogP contribution in [0.4, 0.5) is 4.79 Å². The van der Waals surface area contributed by atoms with E-state index in [1.165, 1.54) is 11.3 Å². The highest BCUT2D eigenvalue weighted by Gasteiger charge is 2.19. The highest BCUT2D eigenvalue weighted by atomic mass is 32.1. The molecule has 0 radical (unpaired) electrons. The highest BCUT2D eigenvalue weighted by Crippen LogP contribution is 2.04. The molecule has 0 saturated heterocycles. The van der Waals surface area contributed by atoms with E-state index < -0.39 is 24.0 Å². The second kappa shape index (κ2) is 8.90. The third-order valence-electron chi connectivity index (χ3n) is 2.59. The molecule has 0 aliphatic carbocycles. The quantitative estimate of drug-likeness (QED) is 0.531. The second-order valence-electron chi connectivity index (χ2n) is 4.25. The van der Waals surface area contributed by atoms with E-state index in [0.717, 1.165) is 5.01 Å². The number of amides is 2. The van der Waals surface area contributed by atoms with Gasteiger partial charge in [0.05, 0.1) is 5.01 Å². The van der Waals surface area contributed by atoms with Crippen LogP contribution in [0, 0.1) is 0 Å². The van der Waals surface area contributed by atoms with E-state index in [0.29, 0.717) is 13.0 Å². The van der Waals surface area contributed by atoms with E-state index >= 15 is 0 Å². The summed E-state index contributed by atoms with van der Waals surface area (Å²) < 4.78 is 0. The molecule has 9 heteroatoms. The summed E-state index contributed by atoms with van der Waals surface area (Å²) in [6, 6.07) is -1.68. The van der Waals surface area contributed by atoms with Gasteiger partial charge in [-0.05, 0) is 12.8 Å². The number of aliphatic carboxylic acids is 2. The van der Waals surface area contributed by atoms with Gasteiger partial charge in [0, 0.05) is 31.0 Å². The average molecular weight is 315 g/mol. The lowest BCUT2D eigenvalue weighted by Crippen LogP contribution is -2.46. The summed E-state index contributed by atoms with van der Waals surface area (Å²) in [5.74, 6) is -2.18. The summed E-state index contributed by atoms with van der Waals surface area (Å²) in [7, 11) is 0. The molecule has 1 heterocycles. The molecular formula is C12H17N3O5S. The minimum atomic E-state index is -1.18. The van der Waals surface area contributed by atoms with Crippen molar-refractivity contribution in [2.45, 2.75) is 31.7 Å². The number of nitrogens with zero attached hydrogens (tertiary/aromatic N) is 1. The Bertz CT molecular complexity index is 477. The average Bonchev–Trinajstić information content (AvgIpc) is 2.90. The Hall–Kier alpha value is -2.16. The minimum absolute atomic E-state index is 0.0710. The van der Waals surface area contributed by atoms with E-state index in [9.17, 15) is 14.4 Å². The summed E-state index contributed by atoms with van der Waals surface area (Å²) in [4.78, 5) is 37.0. The van der Waals surface area contributed by atoms with Crippen molar-refractivity contribution in [3.05, 3.63) is 16.6 Å². The van der Waals surface area contributed by atoms with Gasteiger partial charge in [-0.2, -0.15) is 0 Å². The van der Waals surface area contributed by atoms with Crippen LogP contribution in [0.25, 0.3) is 0 Å². The van der Waals surface area contributed by atoms with Crippen molar-refractivity contribution in [3.8, 4) is 0 Å². The molecule has 116 valence electrons. The number of hydrogen-bond donors (Lipinski definition) is 4. The smallest absolute Gasteiger partial charge is 0.326 e. The lowest BCUT2D eigenvalue weighted by Gasteiger charge is -2.14. The number of urea groups is 1. The molecule has 0 bridgehead atoms. The van der Waals surface area contributed by atoms with E-state index in [2.05, 4.69) is 15.6 Å². The van der Waals surface area contributed by atoms with Crippen LogP contribution in [0.5, 0.6) is 0 Å². The topological polar surface area (TPSA) is 129 Å². The first kappa shape index (κ1) is 16.9. The van der Waals surface area contributed by atoms with Crippen molar-refractivity contribution in [2.24, 2.45) is 0 Å². The Morgan fingerprint density at radius 3 is 2.67 bits per heavy atom. The van der Waals surface area contributed by atoms with Crippen LogP contribution < -0.4 is 10.6 Å². The normalized spacial score (nSPS) is 11.6. The van der Waals surface area contributed by atoms with Gasteiger partial charge in [0.2, 0.25) is 0 Å². The van der Waals surface area contributed by atoms with Crippen molar-refractivity contribution in [1.29, 1.82) is 0 Å². The molecule has 1 aromatic heterocycles. The van der Waals surface area contributed by atoms with Gasteiger partial charge in [-0.1, -0.05) is 0 Å². The van der Waals surface area contributed by atoms with Gasteiger partial charge < -0.3 is 20.8 Å². The van der Waals surface area contributed by atoms with Crippen LogP contribution in [0.3, 0.4) is 0 Å². The van der Waals surface area contributed by atoms with Gasteiger partial charge in [-0.15, -0.1) is 11.3 Å². The maximum Gasteiger partial charge on any atom is 0.326 e. The van der Waals surface area contributed by atoms with Gasteiger partial charge in [-0.3, -0.25) is 4.79 Å². The summed E-state index contributed by atoms with van der Waals surface area (Å²) >= 11 is 1.47. The molecule has 1 atom stereocenters. The Kier molecular flexibility index (Phi) is 7.16. The molecule has 0 aliphatic rings. The van der Waals surface area contributed by atoms with Gasteiger partial charge in [0.25, 0.3) is 0 Å². The number of rotatable bonds is 9. The number of carboxylic acid groups (broad SMARTS) is 2. The van der Waals surface area contributed by atoms with Crippen molar-refractivity contribution < 1.29 is 24.6 Å². The van der Waals surface area contributed by atoms with Crippen LogP contribution in [-0.2, 0) is 16.0 Å². The first-order valence-corrected chi connectivity index (χ1v) is 7.24. The van der Waals surface area contributed by atoms with Crippen LogP contribution in [0.2, 0.25) is 0 Å². The van der Waals surface area contributed by atoms with Crippen LogP contribution in [0.1, 0.15) is 24.3 Å². The number of carboxylic acids is 2. The molecule has 21 heavy (non-hydrogen) atoms. The van der Waals surface area contributed by atoms with E-state index in [1.807, 2.05) is 5.38 Å². The second-order valence-corrected chi connectivity index (χ2v) is 5.23. The monoisotopic (exact) mass is 315 g/mol. The summed E-state index contributed by atoms with van der Waals surface area (Å²) in [6.45, 7) is 0.348. The molecule has 4 N–H and O–H groups in total. The first-order valence-electron chi connectivity index (χ1n) is 6.36. The highest BCUT2D eigenvalue weighted by molar-refractivity contribution is 7.09. The SMILES string of the molecule is O=C(O)CCC[C@@H](NC(=O)NCCc1nccs1)C(=O)O. The van der Waals surface area contributed by atoms with Gasteiger partial charge in [-0.25, -0.2) is 14.6 Å². The first-order chi connectivity index (χ1) is 9.99. The van der Waals surface area contributed by atoms with Crippen molar-refractivity contribution in [3.63, 3.8) is 0 Å². The summed E-state index contributed by atoms with van der Waals surface area (Å²) in [5.41, 5.74) is 0. The number of nitrogens with one attached hydrogen (secondary N) is 2. The molecule has 0 fully saturated rings. The molecular weight excluding hydrogens is 298 g/mol. The van der Waals surface area contributed by atoms with Crippen LogP contribution in [0.15, 0.2) is 11.6 Å². The Morgan fingerprint density at radius 2 is 2.10 bits per heavy atom. The molecule has 1 aromatic rings. The molecule has 1 rings (SSSR count). The number of hydrogen-bond acceptors (Lipinski definition) is 5. The Labute approximate surface area is 125 Å². The lowest BCUT2D eigenvalue weighted by molar-refractivity contribution is -0.140.